The van der Waals surface area contributed by atoms with Crippen LogP contribution in [0, 0.1) is 0 Å². The molecular formula is C15H24N2S2. The number of hydrogen-bond acceptors (Lipinski definition) is 4. The van der Waals surface area contributed by atoms with Crippen molar-refractivity contribution in [2.75, 3.05) is 13.1 Å². The minimum Gasteiger partial charge on any atom is -0.309 e. The molecule has 1 saturated heterocycles. The van der Waals surface area contributed by atoms with Crippen molar-refractivity contribution in [3.05, 3.63) is 21.9 Å². The Morgan fingerprint density at radius 2 is 1.84 bits per heavy atom. The first-order valence-electron chi connectivity index (χ1n) is 7.38. The molecule has 2 aliphatic rings. The minimum absolute atomic E-state index is 0.778. The summed E-state index contributed by atoms with van der Waals surface area (Å²) in [7, 11) is 0. The van der Waals surface area contributed by atoms with Crippen LogP contribution in [0.25, 0.3) is 0 Å². The van der Waals surface area contributed by atoms with Crippen LogP contribution in [0.5, 0.6) is 0 Å². The van der Waals surface area contributed by atoms with Crippen molar-refractivity contribution in [2.45, 2.75) is 56.3 Å². The molecule has 4 heteroatoms. The first-order valence-corrected chi connectivity index (χ1v) is 9.14. The second kappa shape index (κ2) is 6.17. The van der Waals surface area contributed by atoms with E-state index in [0.29, 0.717) is 0 Å². The molecule has 0 spiro atoms. The molecule has 0 amide bonds. The second-order valence-electron chi connectivity index (χ2n) is 5.97. The summed E-state index contributed by atoms with van der Waals surface area (Å²) in [6.07, 6.45) is 2.75. The largest absolute Gasteiger partial charge is 0.309 e. The van der Waals surface area contributed by atoms with E-state index < -0.39 is 0 Å². The van der Waals surface area contributed by atoms with Gasteiger partial charge in [-0.25, -0.2) is 0 Å². The second-order valence-corrected chi connectivity index (χ2v) is 9.11. The van der Waals surface area contributed by atoms with Gasteiger partial charge in [-0.1, -0.05) is 13.8 Å². The molecule has 106 valence electrons. The van der Waals surface area contributed by atoms with Crippen LogP contribution in [-0.2, 0) is 13.1 Å². The molecule has 0 aromatic carbocycles. The van der Waals surface area contributed by atoms with Gasteiger partial charge in [0.2, 0.25) is 0 Å². The van der Waals surface area contributed by atoms with Crippen LogP contribution in [0.4, 0.5) is 0 Å². The Hall–Kier alpha value is -0.0300. The summed E-state index contributed by atoms with van der Waals surface area (Å²) in [5.41, 5.74) is 0. The lowest BCUT2D eigenvalue weighted by Gasteiger charge is -2.34. The molecule has 1 aliphatic carbocycles. The van der Waals surface area contributed by atoms with E-state index in [1.54, 1.807) is 0 Å². The molecule has 1 saturated carbocycles. The summed E-state index contributed by atoms with van der Waals surface area (Å²) in [6, 6.07) is 5.44. The van der Waals surface area contributed by atoms with Crippen LogP contribution in [0.2, 0.25) is 0 Å². The molecule has 3 rings (SSSR count). The van der Waals surface area contributed by atoms with Crippen molar-refractivity contribution >= 4 is 23.1 Å². The van der Waals surface area contributed by atoms with E-state index in [0.717, 1.165) is 29.6 Å². The highest BCUT2D eigenvalue weighted by Crippen LogP contribution is 2.27. The van der Waals surface area contributed by atoms with Gasteiger partial charge in [0.1, 0.15) is 0 Å². The molecule has 19 heavy (non-hydrogen) atoms. The van der Waals surface area contributed by atoms with Gasteiger partial charge in [0.05, 0.1) is 0 Å². The zero-order valence-corrected chi connectivity index (χ0v) is 13.5. The maximum Gasteiger partial charge on any atom is 0.0328 e. The summed E-state index contributed by atoms with van der Waals surface area (Å²) < 4.78 is 0. The highest BCUT2D eigenvalue weighted by Gasteiger charge is 2.23. The molecule has 2 heterocycles. The lowest BCUT2D eigenvalue weighted by Crippen LogP contribution is -2.39. The number of thiophene rings is 1. The minimum atomic E-state index is 0.778. The summed E-state index contributed by atoms with van der Waals surface area (Å²) >= 11 is 4.12. The molecule has 2 atom stereocenters. The van der Waals surface area contributed by atoms with E-state index in [1.165, 1.54) is 35.7 Å². The van der Waals surface area contributed by atoms with E-state index in [4.69, 9.17) is 0 Å². The average molecular weight is 297 g/mol. The molecule has 2 unspecified atom stereocenters. The fourth-order valence-corrected chi connectivity index (χ4v) is 5.17. The van der Waals surface area contributed by atoms with Crippen LogP contribution in [0.3, 0.4) is 0 Å². The molecule has 1 aliphatic heterocycles. The SMILES string of the molecule is CC1CN(Cc2ccc(CNC3CC3)s2)CC(C)S1. The maximum absolute atomic E-state index is 3.60. The Labute approximate surface area is 125 Å². The molecule has 1 aromatic heterocycles. The van der Waals surface area contributed by atoms with Crippen LogP contribution in [0.15, 0.2) is 12.1 Å². The molecule has 0 bridgehead atoms. The monoisotopic (exact) mass is 296 g/mol. The number of thioether (sulfide) groups is 1. The first kappa shape index (κ1) is 13.9. The van der Waals surface area contributed by atoms with Crippen LogP contribution in [0.1, 0.15) is 36.4 Å². The lowest BCUT2D eigenvalue weighted by molar-refractivity contribution is 0.265. The van der Waals surface area contributed by atoms with Crippen LogP contribution >= 0.6 is 23.1 Å². The Kier molecular flexibility index (Phi) is 4.52. The fourth-order valence-electron chi connectivity index (χ4n) is 2.77. The average Bonchev–Trinajstić information content (AvgIpc) is 3.06. The zero-order chi connectivity index (χ0) is 13.2. The maximum atomic E-state index is 3.60. The number of nitrogens with one attached hydrogen (secondary N) is 1. The number of nitrogens with zero attached hydrogens (tertiary/aromatic N) is 1. The molecule has 2 fully saturated rings. The van der Waals surface area contributed by atoms with Gasteiger partial charge in [0, 0.05) is 52.5 Å². The van der Waals surface area contributed by atoms with Crippen molar-refractivity contribution in [1.82, 2.24) is 10.2 Å². The van der Waals surface area contributed by atoms with Crippen molar-refractivity contribution in [2.24, 2.45) is 0 Å². The Balaban J connectivity index is 1.51. The van der Waals surface area contributed by atoms with E-state index in [2.05, 4.69) is 48.0 Å². The van der Waals surface area contributed by atoms with Gasteiger partial charge in [0.15, 0.2) is 0 Å². The van der Waals surface area contributed by atoms with E-state index in [1.807, 2.05) is 11.3 Å². The highest BCUT2D eigenvalue weighted by atomic mass is 32.2. The standard InChI is InChI=1S/C15H24N2S2/c1-11-8-17(9-12(2)18-11)10-15-6-5-14(19-15)7-16-13-3-4-13/h5-6,11-13,16H,3-4,7-10H2,1-2H3. The topological polar surface area (TPSA) is 15.3 Å². The zero-order valence-electron chi connectivity index (χ0n) is 11.9. The van der Waals surface area contributed by atoms with Crippen molar-refractivity contribution in [3.8, 4) is 0 Å². The Morgan fingerprint density at radius 3 is 2.53 bits per heavy atom. The predicted octanol–water partition coefficient (Wildman–Crippen LogP) is 3.33. The van der Waals surface area contributed by atoms with E-state index >= 15 is 0 Å². The van der Waals surface area contributed by atoms with Crippen LogP contribution in [-0.4, -0.2) is 34.5 Å². The van der Waals surface area contributed by atoms with Crippen molar-refractivity contribution in [3.63, 3.8) is 0 Å². The molecular weight excluding hydrogens is 272 g/mol. The van der Waals surface area contributed by atoms with Gasteiger partial charge >= 0.3 is 0 Å². The van der Waals surface area contributed by atoms with Gasteiger partial charge in [-0.3, -0.25) is 4.90 Å². The smallest absolute Gasteiger partial charge is 0.0328 e. The van der Waals surface area contributed by atoms with Gasteiger partial charge in [0.25, 0.3) is 0 Å². The quantitative estimate of drug-likeness (QED) is 0.897. The fraction of sp³-hybridized carbons (Fsp3) is 0.733. The lowest BCUT2D eigenvalue weighted by atomic mass is 10.3. The van der Waals surface area contributed by atoms with Gasteiger partial charge in [-0.15, -0.1) is 11.3 Å². The van der Waals surface area contributed by atoms with Crippen molar-refractivity contribution < 1.29 is 0 Å². The normalized spacial score (nSPS) is 28.7. The van der Waals surface area contributed by atoms with Gasteiger partial charge in [-0.05, 0) is 25.0 Å². The van der Waals surface area contributed by atoms with Gasteiger partial charge < -0.3 is 5.32 Å². The molecule has 1 aromatic rings. The Morgan fingerprint density at radius 1 is 1.16 bits per heavy atom. The number of rotatable bonds is 5. The summed E-state index contributed by atoms with van der Waals surface area (Å²) in [5, 5.41) is 5.15. The molecule has 2 nitrogen and oxygen atoms in total. The van der Waals surface area contributed by atoms with E-state index in [-0.39, 0.29) is 0 Å². The predicted molar refractivity (Wildman–Crippen MR) is 86.0 cm³/mol. The summed E-state index contributed by atoms with van der Waals surface area (Å²) in [5.74, 6) is 0. The highest BCUT2D eigenvalue weighted by molar-refractivity contribution is 8.00. The number of hydrogen-bond donors (Lipinski definition) is 1. The summed E-state index contributed by atoms with van der Waals surface area (Å²) in [4.78, 5) is 5.64. The van der Waals surface area contributed by atoms with Crippen molar-refractivity contribution in [1.29, 1.82) is 0 Å². The molecule has 0 radical (unpaired) electrons. The molecule has 1 N–H and O–H groups in total. The third-order valence-electron chi connectivity index (χ3n) is 3.73. The third kappa shape index (κ3) is 4.22. The third-order valence-corrected chi connectivity index (χ3v) is 6.03. The Bertz CT molecular complexity index is 404. The summed E-state index contributed by atoms with van der Waals surface area (Å²) in [6.45, 7) is 9.39. The van der Waals surface area contributed by atoms with E-state index in [9.17, 15) is 0 Å². The first-order chi connectivity index (χ1) is 9.19. The van der Waals surface area contributed by atoms with Gasteiger partial charge in [-0.2, -0.15) is 11.8 Å². The van der Waals surface area contributed by atoms with Crippen LogP contribution < -0.4 is 5.32 Å².